The van der Waals surface area contributed by atoms with E-state index in [9.17, 15) is 19.2 Å². The van der Waals surface area contributed by atoms with E-state index in [0.29, 0.717) is 31.6 Å². The predicted octanol–water partition coefficient (Wildman–Crippen LogP) is 1.21. The molecule has 1 fully saturated rings. The smallest absolute Gasteiger partial charge is 0.338 e. The summed E-state index contributed by atoms with van der Waals surface area (Å²) in [6, 6.07) is 6.19. The van der Waals surface area contributed by atoms with Crippen LogP contribution in [0.15, 0.2) is 24.3 Å². The highest BCUT2D eigenvalue weighted by Crippen LogP contribution is 2.18. The van der Waals surface area contributed by atoms with Gasteiger partial charge in [-0.25, -0.2) is 4.79 Å². The second-order valence-electron chi connectivity index (χ2n) is 6.01. The summed E-state index contributed by atoms with van der Waals surface area (Å²) in [6.07, 6.45) is 1.08. The fraction of sp³-hybridized carbons (Fsp3) is 0.444. The molecule has 1 saturated heterocycles. The van der Waals surface area contributed by atoms with Crippen LogP contribution in [0.3, 0.4) is 0 Å². The van der Waals surface area contributed by atoms with E-state index < -0.39 is 5.97 Å². The van der Waals surface area contributed by atoms with E-state index in [0.717, 1.165) is 0 Å². The number of ether oxygens (including phenoxy) is 2. The molecule has 2 amide bonds. The van der Waals surface area contributed by atoms with Crippen molar-refractivity contribution in [3.8, 4) is 0 Å². The van der Waals surface area contributed by atoms with Crippen molar-refractivity contribution in [2.45, 2.75) is 19.8 Å². The van der Waals surface area contributed by atoms with Crippen LogP contribution in [0.4, 0.5) is 5.69 Å². The first-order valence-electron chi connectivity index (χ1n) is 8.31. The van der Waals surface area contributed by atoms with E-state index in [1.165, 1.54) is 26.2 Å². The molecular formula is C18H22N2O6. The van der Waals surface area contributed by atoms with Crippen molar-refractivity contribution < 1.29 is 28.7 Å². The molecule has 0 spiro atoms. The molecule has 1 N–H and O–H groups in total. The van der Waals surface area contributed by atoms with Crippen LogP contribution in [-0.2, 0) is 23.9 Å². The zero-order valence-electron chi connectivity index (χ0n) is 14.8. The second kappa shape index (κ2) is 8.98. The van der Waals surface area contributed by atoms with Gasteiger partial charge in [-0.15, -0.1) is 0 Å². The Kier molecular flexibility index (Phi) is 6.71. The van der Waals surface area contributed by atoms with Gasteiger partial charge in [-0.3, -0.25) is 14.4 Å². The van der Waals surface area contributed by atoms with Crippen molar-refractivity contribution in [2.24, 2.45) is 5.92 Å². The number of esters is 2. The molecule has 1 heterocycles. The van der Waals surface area contributed by atoms with E-state index in [1.54, 1.807) is 17.0 Å². The van der Waals surface area contributed by atoms with Gasteiger partial charge in [-0.1, -0.05) is 0 Å². The normalized spacial score (nSPS) is 14.5. The number of piperidine rings is 1. The Bertz CT molecular complexity index is 677. The van der Waals surface area contributed by atoms with Crippen LogP contribution in [0.25, 0.3) is 0 Å². The standard InChI is InChI=1S/C18H22N2O6/c1-12(21)19-15-5-3-13(4-6-15)18(24)26-11-16(22)20-9-7-14(8-10-20)17(23)25-2/h3-6,14H,7-11H2,1-2H3,(H,19,21). The quantitative estimate of drug-likeness (QED) is 0.790. The molecule has 140 valence electrons. The lowest BCUT2D eigenvalue weighted by atomic mass is 9.97. The summed E-state index contributed by atoms with van der Waals surface area (Å²) in [5.41, 5.74) is 0.856. The Morgan fingerprint density at radius 1 is 1.12 bits per heavy atom. The van der Waals surface area contributed by atoms with Gasteiger partial charge in [-0.2, -0.15) is 0 Å². The maximum Gasteiger partial charge on any atom is 0.338 e. The molecule has 1 aromatic rings. The molecule has 8 nitrogen and oxygen atoms in total. The molecule has 0 atom stereocenters. The first-order valence-corrected chi connectivity index (χ1v) is 8.31. The number of carbonyl (C=O) groups is 4. The average Bonchev–Trinajstić information content (AvgIpc) is 2.65. The van der Waals surface area contributed by atoms with Crippen molar-refractivity contribution in [2.75, 3.05) is 32.1 Å². The third kappa shape index (κ3) is 5.30. The maximum absolute atomic E-state index is 12.1. The molecule has 0 aliphatic carbocycles. The number of amides is 2. The lowest BCUT2D eigenvalue weighted by molar-refractivity contribution is -0.149. The number of benzene rings is 1. The van der Waals surface area contributed by atoms with Crippen LogP contribution in [0, 0.1) is 5.92 Å². The summed E-state index contributed by atoms with van der Waals surface area (Å²) >= 11 is 0. The molecule has 1 aliphatic rings. The number of hydrogen-bond donors (Lipinski definition) is 1. The van der Waals surface area contributed by atoms with Crippen molar-refractivity contribution in [3.05, 3.63) is 29.8 Å². The van der Waals surface area contributed by atoms with Crippen molar-refractivity contribution in [3.63, 3.8) is 0 Å². The Morgan fingerprint density at radius 3 is 2.27 bits per heavy atom. The number of nitrogens with zero attached hydrogens (tertiary/aromatic N) is 1. The summed E-state index contributed by atoms with van der Waals surface area (Å²) < 4.78 is 9.76. The van der Waals surface area contributed by atoms with Gasteiger partial charge in [0.05, 0.1) is 18.6 Å². The minimum atomic E-state index is -0.614. The average molecular weight is 362 g/mol. The number of nitrogens with one attached hydrogen (secondary N) is 1. The molecule has 2 rings (SSSR count). The second-order valence-corrected chi connectivity index (χ2v) is 6.01. The van der Waals surface area contributed by atoms with Gasteiger partial charge in [0, 0.05) is 25.7 Å². The van der Waals surface area contributed by atoms with Crippen LogP contribution in [0.1, 0.15) is 30.1 Å². The van der Waals surface area contributed by atoms with Crippen LogP contribution in [0.2, 0.25) is 0 Å². The van der Waals surface area contributed by atoms with E-state index in [1.807, 2.05) is 0 Å². The number of carbonyl (C=O) groups excluding carboxylic acids is 4. The molecule has 26 heavy (non-hydrogen) atoms. The topological polar surface area (TPSA) is 102 Å². The fourth-order valence-electron chi connectivity index (χ4n) is 2.73. The predicted molar refractivity (Wildman–Crippen MR) is 92.3 cm³/mol. The van der Waals surface area contributed by atoms with Gasteiger partial charge in [0.2, 0.25) is 5.91 Å². The van der Waals surface area contributed by atoms with Gasteiger partial charge >= 0.3 is 11.9 Å². The zero-order valence-corrected chi connectivity index (χ0v) is 14.8. The van der Waals surface area contributed by atoms with Gasteiger partial charge in [0.25, 0.3) is 5.91 Å². The Balaban J connectivity index is 1.79. The van der Waals surface area contributed by atoms with Gasteiger partial charge in [0.1, 0.15) is 0 Å². The minimum Gasteiger partial charge on any atom is -0.469 e. The molecule has 1 aliphatic heterocycles. The van der Waals surface area contributed by atoms with E-state index in [2.05, 4.69) is 5.32 Å². The number of likely N-dealkylation sites (tertiary alicyclic amines) is 1. The summed E-state index contributed by atoms with van der Waals surface area (Å²) in [5, 5.41) is 2.60. The zero-order chi connectivity index (χ0) is 19.1. The van der Waals surface area contributed by atoms with E-state index >= 15 is 0 Å². The maximum atomic E-state index is 12.1. The van der Waals surface area contributed by atoms with Gasteiger partial charge in [0.15, 0.2) is 6.61 Å². The summed E-state index contributed by atoms with van der Waals surface area (Å²) in [4.78, 5) is 48.2. The fourth-order valence-corrected chi connectivity index (χ4v) is 2.73. The molecule has 0 radical (unpaired) electrons. The van der Waals surface area contributed by atoms with Gasteiger partial charge < -0.3 is 19.7 Å². The molecule has 1 aromatic carbocycles. The SMILES string of the molecule is COC(=O)C1CCN(C(=O)COC(=O)c2ccc(NC(C)=O)cc2)CC1. The lowest BCUT2D eigenvalue weighted by Gasteiger charge is -2.30. The van der Waals surface area contributed by atoms with E-state index in [4.69, 9.17) is 9.47 Å². The highest BCUT2D eigenvalue weighted by Gasteiger charge is 2.28. The van der Waals surface area contributed by atoms with Gasteiger partial charge in [-0.05, 0) is 37.1 Å². The third-order valence-corrected chi connectivity index (χ3v) is 4.15. The van der Waals surface area contributed by atoms with Crippen LogP contribution in [0.5, 0.6) is 0 Å². The summed E-state index contributed by atoms with van der Waals surface area (Å²) in [5.74, 6) is -1.56. The Morgan fingerprint density at radius 2 is 1.73 bits per heavy atom. The molecular weight excluding hydrogens is 340 g/mol. The molecule has 0 bridgehead atoms. The van der Waals surface area contributed by atoms with Crippen LogP contribution in [-0.4, -0.2) is 55.5 Å². The molecule has 0 saturated carbocycles. The highest BCUT2D eigenvalue weighted by atomic mass is 16.5. The Hall–Kier alpha value is -2.90. The number of methoxy groups -OCH3 is 1. The summed E-state index contributed by atoms with van der Waals surface area (Å²) in [7, 11) is 1.35. The van der Waals surface area contributed by atoms with Crippen molar-refractivity contribution >= 4 is 29.4 Å². The number of anilines is 1. The van der Waals surface area contributed by atoms with Crippen molar-refractivity contribution in [1.82, 2.24) is 4.90 Å². The first-order chi connectivity index (χ1) is 12.4. The van der Waals surface area contributed by atoms with Crippen LogP contribution >= 0.6 is 0 Å². The van der Waals surface area contributed by atoms with Crippen molar-refractivity contribution in [1.29, 1.82) is 0 Å². The highest BCUT2D eigenvalue weighted by molar-refractivity contribution is 5.93. The number of hydrogen-bond acceptors (Lipinski definition) is 6. The first kappa shape index (κ1) is 19.4. The molecule has 8 heteroatoms. The number of rotatable bonds is 5. The third-order valence-electron chi connectivity index (χ3n) is 4.15. The summed E-state index contributed by atoms with van der Waals surface area (Å²) in [6.45, 7) is 1.90. The molecule has 0 unspecified atom stereocenters. The van der Waals surface area contributed by atoms with E-state index in [-0.39, 0.29) is 35.9 Å². The largest absolute Gasteiger partial charge is 0.469 e. The molecule has 0 aromatic heterocycles. The minimum absolute atomic E-state index is 0.186. The Labute approximate surface area is 151 Å². The monoisotopic (exact) mass is 362 g/mol. The lowest BCUT2D eigenvalue weighted by Crippen LogP contribution is -2.42. The van der Waals surface area contributed by atoms with Crippen LogP contribution < -0.4 is 5.32 Å².